The van der Waals surface area contributed by atoms with Gasteiger partial charge >= 0.3 is 0 Å². The van der Waals surface area contributed by atoms with E-state index in [1.165, 1.54) is 23.9 Å². The van der Waals surface area contributed by atoms with E-state index >= 15 is 0 Å². The third kappa shape index (κ3) is 3.57. The first-order valence-corrected chi connectivity index (χ1v) is 10.3. The summed E-state index contributed by atoms with van der Waals surface area (Å²) >= 11 is 5.77. The van der Waals surface area contributed by atoms with Crippen molar-refractivity contribution in [1.82, 2.24) is 14.9 Å². The molecule has 2 aromatic heterocycles. The summed E-state index contributed by atoms with van der Waals surface area (Å²) in [6, 6.07) is 15.8. The van der Waals surface area contributed by atoms with Crippen molar-refractivity contribution in [3.8, 4) is 0 Å². The smallest absolute Gasteiger partial charge is 0.221 e. The Bertz CT molecular complexity index is 1090. The van der Waals surface area contributed by atoms with Crippen molar-refractivity contribution in [2.24, 2.45) is 7.05 Å². The molecule has 2 unspecified atom stereocenters. The molecule has 1 aliphatic heterocycles. The van der Waals surface area contributed by atoms with Gasteiger partial charge in [0.25, 0.3) is 0 Å². The van der Waals surface area contributed by atoms with Crippen molar-refractivity contribution < 1.29 is 4.79 Å². The molecule has 2 atom stereocenters. The van der Waals surface area contributed by atoms with Gasteiger partial charge in [-0.3, -0.25) is 9.78 Å². The summed E-state index contributed by atoms with van der Waals surface area (Å²) < 4.78 is 2.20. The first-order chi connectivity index (χ1) is 14.4. The molecule has 154 valence electrons. The molecule has 0 aliphatic carbocycles. The maximum Gasteiger partial charge on any atom is 0.221 e. The van der Waals surface area contributed by atoms with Gasteiger partial charge in [-0.2, -0.15) is 0 Å². The van der Waals surface area contributed by atoms with E-state index < -0.39 is 0 Å². The zero-order valence-corrected chi connectivity index (χ0v) is 18.3. The number of nitrogens with one attached hydrogen (secondary N) is 2. The zero-order valence-electron chi connectivity index (χ0n) is 17.5. The molecule has 30 heavy (non-hydrogen) atoms. The van der Waals surface area contributed by atoms with E-state index in [0.29, 0.717) is 5.11 Å². The topological polar surface area (TPSA) is 62.2 Å². The molecule has 1 amide bonds. The maximum atomic E-state index is 11.4. The highest BCUT2D eigenvalue weighted by Crippen LogP contribution is 2.43. The lowest BCUT2D eigenvalue weighted by molar-refractivity contribution is -0.114. The van der Waals surface area contributed by atoms with E-state index in [4.69, 9.17) is 12.2 Å². The van der Waals surface area contributed by atoms with Crippen LogP contribution in [0.2, 0.25) is 0 Å². The first-order valence-electron chi connectivity index (χ1n) is 9.88. The van der Waals surface area contributed by atoms with Crippen LogP contribution in [0.15, 0.2) is 54.7 Å². The number of aryl methyl sites for hydroxylation is 1. The summed E-state index contributed by atoms with van der Waals surface area (Å²) in [5.41, 5.74) is 6.28. The predicted molar refractivity (Wildman–Crippen MR) is 124 cm³/mol. The van der Waals surface area contributed by atoms with Crippen LogP contribution < -0.4 is 15.5 Å². The van der Waals surface area contributed by atoms with E-state index in [-0.39, 0.29) is 18.0 Å². The molecule has 1 fully saturated rings. The Morgan fingerprint density at radius 3 is 2.47 bits per heavy atom. The van der Waals surface area contributed by atoms with Gasteiger partial charge in [-0.1, -0.05) is 6.07 Å². The molecule has 6 nitrogen and oxygen atoms in total. The standard InChI is InChI=1S/C23H25N5OS/c1-14-13-19(15(2)27(14)4)22-21(20-7-5-6-12-24-20)26-23(30)28(22)18-10-8-17(9-11-18)25-16(3)29/h5-13,21-22H,1-4H3,(H,25,29)(H,26,30). The Morgan fingerprint density at radius 2 is 1.90 bits per heavy atom. The van der Waals surface area contributed by atoms with Gasteiger partial charge in [0.05, 0.1) is 17.8 Å². The fourth-order valence-corrected chi connectivity index (χ4v) is 4.39. The van der Waals surface area contributed by atoms with Crippen LogP contribution in [-0.4, -0.2) is 20.6 Å². The first kappa shape index (κ1) is 20.1. The molecule has 1 aliphatic rings. The maximum absolute atomic E-state index is 11.4. The second-order valence-corrected chi connectivity index (χ2v) is 8.00. The number of hydrogen-bond donors (Lipinski definition) is 2. The van der Waals surface area contributed by atoms with Crippen LogP contribution in [0.3, 0.4) is 0 Å². The van der Waals surface area contributed by atoms with Crippen molar-refractivity contribution in [1.29, 1.82) is 0 Å². The lowest BCUT2D eigenvalue weighted by Crippen LogP contribution is -2.29. The summed E-state index contributed by atoms with van der Waals surface area (Å²) in [5, 5.41) is 6.95. The van der Waals surface area contributed by atoms with Gasteiger partial charge in [0, 0.05) is 42.9 Å². The van der Waals surface area contributed by atoms with E-state index in [2.05, 4.69) is 52.0 Å². The summed E-state index contributed by atoms with van der Waals surface area (Å²) in [5.74, 6) is -0.0930. The van der Waals surface area contributed by atoms with Crippen LogP contribution in [0.5, 0.6) is 0 Å². The minimum Gasteiger partial charge on any atom is -0.352 e. The van der Waals surface area contributed by atoms with E-state index in [0.717, 1.165) is 17.1 Å². The number of nitrogens with zero attached hydrogens (tertiary/aromatic N) is 3. The number of thiocarbonyl (C=S) groups is 1. The average Bonchev–Trinajstić information content (AvgIpc) is 3.20. The Kier molecular flexibility index (Phi) is 5.30. The number of carbonyl (C=O) groups excluding carboxylic acids is 1. The summed E-state index contributed by atoms with van der Waals surface area (Å²) in [6.07, 6.45) is 1.81. The number of anilines is 2. The highest BCUT2D eigenvalue weighted by atomic mass is 32.1. The Hall–Kier alpha value is -3.19. The number of amides is 1. The van der Waals surface area contributed by atoms with Crippen LogP contribution in [0, 0.1) is 13.8 Å². The largest absolute Gasteiger partial charge is 0.352 e. The van der Waals surface area contributed by atoms with Gasteiger partial charge in [0.1, 0.15) is 0 Å². The molecule has 3 aromatic rings. The van der Waals surface area contributed by atoms with Gasteiger partial charge in [0.15, 0.2) is 5.11 Å². The Morgan fingerprint density at radius 1 is 1.17 bits per heavy atom. The third-order valence-electron chi connectivity index (χ3n) is 5.70. The highest BCUT2D eigenvalue weighted by molar-refractivity contribution is 7.80. The van der Waals surface area contributed by atoms with Crippen LogP contribution in [0.4, 0.5) is 11.4 Å². The second-order valence-electron chi connectivity index (χ2n) is 7.61. The lowest BCUT2D eigenvalue weighted by atomic mass is 9.96. The van der Waals surface area contributed by atoms with E-state index in [1.807, 2.05) is 48.7 Å². The summed E-state index contributed by atoms with van der Waals surface area (Å²) in [4.78, 5) is 18.1. The van der Waals surface area contributed by atoms with Crippen LogP contribution in [-0.2, 0) is 11.8 Å². The number of rotatable bonds is 4. The fraction of sp³-hybridized carbons (Fsp3) is 0.261. The molecule has 0 spiro atoms. The van der Waals surface area contributed by atoms with Gasteiger partial charge in [-0.05, 0) is 74.1 Å². The number of aromatic nitrogens is 2. The fourth-order valence-electron chi connectivity index (χ4n) is 4.04. The highest BCUT2D eigenvalue weighted by Gasteiger charge is 2.42. The van der Waals surface area contributed by atoms with E-state index in [1.54, 1.807) is 0 Å². The van der Waals surface area contributed by atoms with Gasteiger partial charge in [-0.25, -0.2) is 0 Å². The van der Waals surface area contributed by atoms with Crippen LogP contribution in [0.1, 0.15) is 41.7 Å². The van der Waals surface area contributed by atoms with Crippen molar-refractivity contribution in [2.75, 3.05) is 10.2 Å². The molecular weight excluding hydrogens is 394 g/mol. The number of benzene rings is 1. The normalized spacial score (nSPS) is 18.4. The average molecular weight is 420 g/mol. The SMILES string of the molecule is CC(=O)Nc1ccc(N2C(=S)NC(c3ccccn3)C2c2cc(C)n(C)c2C)cc1. The minimum absolute atomic E-state index is 0.0427. The molecule has 0 saturated carbocycles. The molecule has 1 aromatic carbocycles. The predicted octanol–water partition coefficient (Wildman–Crippen LogP) is 4.17. The second kappa shape index (κ2) is 7.91. The Labute approximate surface area is 181 Å². The van der Waals surface area contributed by atoms with Gasteiger partial charge < -0.3 is 20.1 Å². The molecule has 2 N–H and O–H groups in total. The van der Waals surface area contributed by atoms with Crippen molar-refractivity contribution in [2.45, 2.75) is 32.9 Å². The zero-order chi connectivity index (χ0) is 21.4. The molecule has 3 heterocycles. The Balaban J connectivity index is 1.80. The molecular formula is C23H25N5OS. The van der Waals surface area contributed by atoms with Crippen molar-refractivity contribution >= 4 is 34.6 Å². The third-order valence-corrected chi connectivity index (χ3v) is 6.01. The number of carbonyl (C=O) groups is 1. The van der Waals surface area contributed by atoms with Crippen LogP contribution >= 0.6 is 12.2 Å². The molecule has 0 radical (unpaired) electrons. The number of hydrogen-bond acceptors (Lipinski definition) is 3. The summed E-state index contributed by atoms with van der Waals surface area (Å²) in [6.45, 7) is 5.75. The van der Waals surface area contributed by atoms with Crippen molar-refractivity contribution in [3.63, 3.8) is 0 Å². The van der Waals surface area contributed by atoms with Crippen molar-refractivity contribution in [3.05, 3.63) is 77.4 Å². The molecule has 0 bridgehead atoms. The van der Waals surface area contributed by atoms with Gasteiger partial charge in [-0.15, -0.1) is 0 Å². The summed E-state index contributed by atoms with van der Waals surface area (Å²) in [7, 11) is 2.08. The van der Waals surface area contributed by atoms with Gasteiger partial charge in [0.2, 0.25) is 5.91 Å². The molecule has 4 rings (SSSR count). The molecule has 1 saturated heterocycles. The van der Waals surface area contributed by atoms with E-state index in [9.17, 15) is 4.79 Å². The van der Waals surface area contributed by atoms with Crippen LogP contribution in [0.25, 0.3) is 0 Å². The number of pyridine rings is 1. The quantitative estimate of drug-likeness (QED) is 0.622. The lowest BCUT2D eigenvalue weighted by Gasteiger charge is -2.28. The minimum atomic E-state index is -0.0930. The monoisotopic (exact) mass is 419 g/mol. The molecule has 7 heteroatoms.